The number of benzene rings is 1. The number of halogens is 2. The Hall–Kier alpha value is -2.89. The molecule has 0 bridgehead atoms. The summed E-state index contributed by atoms with van der Waals surface area (Å²) in [6.07, 6.45) is 6.53. The molecular formula is C17H12F2N4. The molecule has 0 saturated heterocycles. The number of hydrogen-bond acceptors (Lipinski definition) is 3. The van der Waals surface area contributed by atoms with Gasteiger partial charge in [-0.05, 0) is 24.6 Å². The summed E-state index contributed by atoms with van der Waals surface area (Å²) in [5.41, 5.74) is 2.54. The minimum Gasteiger partial charge on any atom is -0.284 e. The Morgan fingerprint density at radius 3 is 2.43 bits per heavy atom. The van der Waals surface area contributed by atoms with E-state index in [0.29, 0.717) is 16.9 Å². The van der Waals surface area contributed by atoms with Crippen molar-refractivity contribution >= 4 is 21.8 Å². The predicted molar refractivity (Wildman–Crippen MR) is 84.3 cm³/mol. The maximum atomic E-state index is 13.6. The van der Waals surface area contributed by atoms with E-state index in [0.717, 1.165) is 26.5 Å². The zero-order valence-electron chi connectivity index (χ0n) is 12.2. The van der Waals surface area contributed by atoms with Crippen LogP contribution in [0, 0.1) is 6.92 Å². The summed E-state index contributed by atoms with van der Waals surface area (Å²) in [4.78, 5) is 12.4. The molecule has 0 unspecified atom stereocenters. The van der Waals surface area contributed by atoms with Crippen LogP contribution in [0.1, 0.15) is 12.4 Å². The van der Waals surface area contributed by atoms with Crippen LogP contribution in [0.4, 0.5) is 8.78 Å². The summed E-state index contributed by atoms with van der Waals surface area (Å²) >= 11 is 0. The highest BCUT2D eigenvalue weighted by atomic mass is 19.3. The lowest BCUT2D eigenvalue weighted by Crippen LogP contribution is -1.97. The van der Waals surface area contributed by atoms with E-state index in [-0.39, 0.29) is 0 Å². The van der Waals surface area contributed by atoms with Gasteiger partial charge in [-0.3, -0.25) is 9.55 Å². The fourth-order valence-electron chi connectivity index (χ4n) is 2.82. The lowest BCUT2D eigenvalue weighted by atomic mass is 10.1. The monoisotopic (exact) mass is 310 g/mol. The predicted octanol–water partition coefficient (Wildman–Crippen LogP) is 4.35. The number of alkyl halides is 2. The summed E-state index contributed by atoms with van der Waals surface area (Å²) in [5.74, 6) is 0.669. The summed E-state index contributed by atoms with van der Waals surface area (Å²) in [7, 11) is 0. The molecule has 0 atom stereocenters. The fourth-order valence-corrected chi connectivity index (χ4v) is 2.82. The Balaban J connectivity index is 2.03. The molecule has 0 fully saturated rings. The first-order valence-electron chi connectivity index (χ1n) is 7.10. The second-order valence-electron chi connectivity index (χ2n) is 5.29. The van der Waals surface area contributed by atoms with Crippen LogP contribution in [-0.2, 0) is 0 Å². The Kier molecular flexibility index (Phi) is 3.04. The molecule has 1 aromatic carbocycles. The SMILES string of the molecule is Cc1ncc(-c2ccc3c4cnccc4n(C(F)F)c3c2)cn1. The molecule has 4 nitrogen and oxygen atoms in total. The van der Waals surface area contributed by atoms with Gasteiger partial charge < -0.3 is 0 Å². The van der Waals surface area contributed by atoms with Crippen molar-refractivity contribution in [3.8, 4) is 11.1 Å². The van der Waals surface area contributed by atoms with Gasteiger partial charge in [-0.1, -0.05) is 12.1 Å². The molecule has 0 aliphatic rings. The molecule has 0 aliphatic heterocycles. The van der Waals surface area contributed by atoms with Crippen LogP contribution in [0.5, 0.6) is 0 Å². The van der Waals surface area contributed by atoms with Crippen molar-refractivity contribution in [2.45, 2.75) is 13.5 Å². The van der Waals surface area contributed by atoms with Gasteiger partial charge in [0.25, 0.3) is 0 Å². The van der Waals surface area contributed by atoms with E-state index in [4.69, 9.17) is 0 Å². The highest BCUT2D eigenvalue weighted by molar-refractivity contribution is 6.08. The molecule has 0 radical (unpaired) electrons. The van der Waals surface area contributed by atoms with E-state index in [2.05, 4.69) is 15.0 Å². The molecule has 0 aliphatic carbocycles. The number of hydrogen-bond donors (Lipinski definition) is 0. The first-order valence-corrected chi connectivity index (χ1v) is 7.10. The first-order chi connectivity index (χ1) is 11.1. The molecule has 23 heavy (non-hydrogen) atoms. The van der Waals surface area contributed by atoms with Crippen LogP contribution in [0.3, 0.4) is 0 Å². The smallest absolute Gasteiger partial charge is 0.284 e. The summed E-state index contributed by atoms with van der Waals surface area (Å²) in [6.45, 7) is -0.823. The number of rotatable bonds is 2. The van der Waals surface area contributed by atoms with Gasteiger partial charge in [-0.2, -0.15) is 8.78 Å². The van der Waals surface area contributed by atoms with E-state index in [1.807, 2.05) is 12.1 Å². The minimum absolute atomic E-state index is 0.473. The van der Waals surface area contributed by atoms with Crippen LogP contribution in [0.15, 0.2) is 49.1 Å². The second-order valence-corrected chi connectivity index (χ2v) is 5.29. The van der Waals surface area contributed by atoms with Crippen LogP contribution < -0.4 is 0 Å². The van der Waals surface area contributed by atoms with Crippen LogP contribution >= 0.6 is 0 Å². The van der Waals surface area contributed by atoms with Crippen molar-refractivity contribution in [3.63, 3.8) is 0 Å². The maximum absolute atomic E-state index is 13.6. The van der Waals surface area contributed by atoms with Gasteiger partial charge in [-0.15, -0.1) is 0 Å². The van der Waals surface area contributed by atoms with E-state index < -0.39 is 6.55 Å². The Labute approximate surface area is 130 Å². The normalized spacial score (nSPS) is 11.7. The van der Waals surface area contributed by atoms with Gasteiger partial charge in [0.2, 0.25) is 0 Å². The lowest BCUT2D eigenvalue weighted by molar-refractivity contribution is 0.0796. The van der Waals surface area contributed by atoms with Crippen LogP contribution in [0.25, 0.3) is 32.9 Å². The van der Waals surface area contributed by atoms with Gasteiger partial charge in [0, 0.05) is 41.1 Å². The highest BCUT2D eigenvalue weighted by Gasteiger charge is 2.17. The van der Waals surface area contributed by atoms with Crippen molar-refractivity contribution < 1.29 is 8.78 Å². The minimum atomic E-state index is -2.62. The molecule has 4 rings (SSSR count). The van der Waals surface area contributed by atoms with Crippen molar-refractivity contribution in [1.82, 2.24) is 19.5 Å². The maximum Gasteiger partial charge on any atom is 0.319 e. The third kappa shape index (κ3) is 2.14. The van der Waals surface area contributed by atoms with E-state index in [9.17, 15) is 8.78 Å². The topological polar surface area (TPSA) is 43.6 Å². The van der Waals surface area contributed by atoms with Crippen molar-refractivity contribution in [2.24, 2.45) is 0 Å². The number of aromatic nitrogens is 4. The number of aryl methyl sites for hydroxylation is 1. The fraction of sp³-hybridized carbons (Fsp3) is 0.118. The largest absolute Gasteiger partial charge is 0.319 e. The molecule has 0 spiro atoms. The van der Waals surface area contributed by atoms with Gasteiger partial charge in [-0.25, -0.2) is 9.97 Å². The average Bonchev–Trinajstić information content (AvgIpc) is 2.89. The first kappa shape index (κ1) is 13.8. The van der Waals surface area contributed by atoms with E-state index in [1.165, 1.54) is 6.20 Å². The molecule has 0 saturated carbocycles. The molecular weight excluding hydrogens is 298 g/mol. The zero-order chi connectivity index (χ0) is 16.0. The summed E-state index contributed by atoms with van der Waals surface area (Å²) in [5, 5.41) is 1.47. The van der Waals surface area contributed by atoms with E-state index >= 15 is 0 Å². The van der Waals surface area contributed by atoms with Gasteiger partial charge in [0.1, 0.15) is 5.82 Å². The number of pyridine rings is 1. The zero-order valence-corrected chi connectivity index (χ0v) is 12.2. The second kappa shape index (κ2) is 5.08. The molecule has 114 valence electrons. The van der Waals surface area contributed by atoms with Gasteiger partial charge >= 0.3 is 6.55 Å². The van der Waals surface area contributed by atoms with Gasteiger partial charge in [0.15, 0.2) is 0 Å². The quantitative estimate of drug-likeness (QED) is 0.553. The molecule has 3 heterocycles. The summed E-state index contributed by atoms with van der Waals surface area (Å²) < 4.78 is 28.2. The Morgan fingerprint density at radius 2 is 1.70 bits per heavy atom. The standard InChI is InChI=1S/C17H12F2N4/c1-10-21-7-12(8-22-10)11-2-3-13-14-9-20-5-4-15(14)23(17(18)19)16(13)6-11/h2-9,17H,1H3. The average molecular weight is 310 g/mol. The third-order valence-corrected chi connectivity index (χ3v) is 3.91. The molecule has 3 aromatic heterocycles. The van der Waals surface area contributed by atoms with Crippen molar-refractivity contribution in [2.75, 3.05) is 0 Å². The number of fused-ring (bicyclic) bond motifs is 3. The lowest BCUT2D eigenvalue weighted by Gasteiger charge is -2.07. The van der Waals surface area contributed by atoms with Crippen molar-refractivity contribution in [1.29, 1.82) is 0 Å². The molecule has 0 N–H and O–H groups in total. The van der Waals surface area contributed by atoms with E-state index in [1.54, 1.807) is 37.6 Å². The van der Waals surface area contributed by atoms with Crippen molar-refractivity contribution in [3.05, 3.63) is 54.9 Å². The van der Waals surface area contributed by atoms with Crippen LogP contribution in [0.2, 0.25) is 0 Å². The molecule has 6 heteroatoms. The molecule has 4 aromatic rings. The Morgan fingerprint density at radius 1 is 0.913 bits per heavy atom. The van der Waals surface area contributed by atoms with Gasteiger partial charge in [0.05, 0.1) is 11.0 Å². The third-order valence-electron chi connectivity index (χ3n) is 3.91. The van der Waals surface area contributed by atoms with Crippen LogP contribution in [-0.4, -0.2) is 19.5 Å². The number of nitrogens with zero attached hydrogens (tertiary/aromatic N) is 4. The molecule has 0 amide bonds. The highest BCUT2D eigenvalue weighted by Crippen LogP contribution is 2.34. The summed E-state index contributed by atoms with van der Waals surface area (Å²) in [6, 6.07) is 7.08. The Bertz CT molecular complexity index is 1010.